The summed E-state index contributed by atoms with van der Waals surface area (Å²) >= 11 is 1.82. The van der Waals surface area contributed by atoms with Crippen molar-refractivity contribution >= 4 is 16.5 Å². The highest BCUT2D eigenvalue weighted by molar-refractivity contribution is 7.15. The first-order chi connectivity index (χ1) is 10.2. The smallest absolute Gasteiger partial charge is 0.185 e. The molecule has 1 aromatic carbocycles. The molecule has 0 amide bonds. The second kappa shape index (κ2) is 8.15. The molecule has 21 heavy (non-hydrogen) atoms. The van der Waals surface area contributed by atoms with E-state index in [1.54, 1.807) is 0 Å². The molecule has 2 aromatic rings. The summed E-state index contributed by atoms with van der Waals surface area (Å²) < 4.78 is 0. The van der Waals surface area contributed by atoms with Crippen LogP contribution in [-0.4, -0.2) is 18.6 Å². The van der Waals surface area contributed by atoms with Crippen LogP contribution in [0.25, 0.3) is 0 Å². The Morgan fingerprint density at radius 3 is 2.62 bits per heavy atom. The molecular weight excluding hydrogens is 278 g/mol. The van der Waals surface area contributed by atoms with E-state index in [0.717, 1.165) is 37.6 Å². The zero-order valence-electron chi connectivity index (χ0n) is 13.2. The fourth-order valence-corrected chi connectivity index (χ4v) is 3.30. The first-order valence-electron chi connectivity index (χ1n) is 7.69. The number of hydrogen-bond acceptors (Lipinski definition) is 4. The molecule has 0 radical (unpaired) electrons. The minimum atomic E-state index is 0.903. The van der Waals surface area contributed by atoms with Crippen molar-refractivity contribution in [2.24, 2.45) is 0 Å². The molecule has 0 aliphatic rings. The van der Waals surface area contributed by atoms with Gasteiger partial charge in [-0.3, -0.25) is 0 Å². The number of thiazole rings is 1. The summed E-state index contributed by atoms with van der Waals surface area (Å²) in [5.74, 6) is 0. The monoisotopic (exact) mass is 303 g/mol. The van der Waals surface area contributed by atoms with E-state index in [1.165, 1.54) is 16.1 Å². The Morgan fingerprint density at radius 1 is 1.19 bits per heavy atom. The standard InChI is InChI=1S/C17H25N3S/c1-4-9-15-16(12-18-5-2)21-17(19-15)20(3)13-14-10-7-6-8-11-14/h6-8,10-11,18H,4-5,9,12-13H2,1-3H3. The predicted molar refractivity (Wildman–Crippen MR) is 92.0 cm³/mol. The second-order valence-electron chi connectivity index (χ2n) is 5.24. The lowest BCUT2D eigenvalue weighted by molar-refractivity contribution is 0.723. The quantitative estimate of drug-likeness (QED) is 0.803. The van der Waals surface area contributed by atoms with Gasteiger partial charge in [-0.2, -0.15) is 0 Å². The highest BCUT2D eigenvalue weighted by Crippen LogP contribution is 2.27. The fourth-order valence-electron chi connectivity index (χ4n) is 2.27. The van der Waals surface area contributed by atoms with Gasteiger partial charge >= 0.3 is 0 Å². The third-order valence-electron chi connectivity index (χ3n) is 3.38. The average Bonchev–Trinajstić information content (AvgIpc) is 2.90. The molecule has 1 heterocycles. The van der Waals surface area contributed by atoms with Gasteiger partial charge in [-0.15, -0.1) is 11.3 Å². The van der Waals surface area contributed by atoms with Gasteiger partial charge in [0.25, 0.3) is 0 Å². The van der Waals surface area contributed by atoms with E-state index < -0.39 is 0 Å². The van der Waals surface area contributed by atoms with Gasteiger partial charge in [0.1, 0.15) is 0 Å². The summed E-state index contributed by atoms with van der Waals surface area (Å²) in [5, 5.41) is 4.54. The van der Waals surface area contributed by atoms with Crippen LogP contribution in [0.1, 0.15) is 36.4 Å². The van der Waals surface area contributed by atoms with Crippen LogP contribution in [0, 0.1) is 0 Å². The number of anilines is 1. The van der Waals surface area contributed by atoms with Gasteiger partial charge in [0.05, 0.1) is 5.69 Å². The van der Waals surface area contributed by atoms with Crippen molar-refractivity contribution in [2.45, 2.75) is 39.8 Å². The summed E-state index contributed by atoms with van der Waals surface area (Å²) in [4.78, 5) is 8.48. The van der Waals surface area contributed by atoms with E-state index in [0.29, 0.717) is 0 Å². The lowest BCUT2D eigenvalue weighted by Gasteiger charge is -2.15. The lowest BCUT2D eigenvalue weighted by Crippen LogP contribution is -2.16. The van der Waals surface area contributed by atoms with Gasteiger partial charge in [-0.05, 0) is 18.5 Å². The number of nitrogens with one attached hydrogen (secondary N) is 1. The molecule has 1 aromatic heterocycles. The molecule has 3 nitrogen and oxygen atoms in total. The second-order valence-corrected chi connectivity index (χ2v) is 6.30. The van der Waals surface area contributed by atoms with Crippen molar-refractivity contribution in [1.82, 2.24) is 10.3 Å². The van der Waals surface area contributed by atoms with E-state index in [2.05, 4.69) is 61.4 Å². The molecule has 0 aliphatic heterocycles. The van der Waals surface area contributed by atoms with Crippen LogP contribution >= 0.6 is 11.3 Å². The van der Waals surface area contributed by atoms with Gasteiger partial charge in [0, 0.05) is 25.0 Å². The van der Waals surface area contributed by atoms with Crippen LogP contribution in [0.3, 0.4) is 0 Å². The Kier molecular flexibility index (Phi) is 6.21. The topological polar surface area (TPSA) is 28.2 Å². The van der Waals surface area contributed by atoms with Crippen molar-refractivity contribution < 1.29 is 0 Å². The summed E-state index contributed by atoms with van der Waals surface area (Å²) in [5.41, 5.74) is 2.58. The number of aryl methyl sites for hydroxylation is 1. The molecule has 4 heteroatoms. The highest BCUT2D eigenvalue weighted by Gasteiger charge is 2.13. The average molecular weight is 303 g/mol. The van der Waals surface area contributed by atoms with Crippen molar-refractivity contribution in [1.29, 1.82) is 0 Å². The molecule has 0 fully saturated rings. The molecule has 0 saturated heterocycles. The number of hydrogen-bond donors (Lipinski definition) is 1. The van der Waals surface area contributed by atoms with E-state index in [9.17, 15) is 0 Å². The normalized spacial score (nSPS) is 10.8. The highest BCUT2D eigenvalue weighted by atomic mass is 32.1. The minimum Gasteiger partial charge on any atom is -0.347 e. The van der Waals surface area contributed by atoms with E-state index >= 15 is 0 Å². The Morgan fingerprint density at radius 2 is 1.95 bits per heavy atom. The first-order valence-corrected chi connectivity index (χ1v) is 8.50. The summed E-state index contributed by atoms with van der Waals surface area (Å²) in [7, 11) is 2.12. The summed E-state index contributed by atoms with van der Waals surface area (Å²) in [6.07, 6.45) is 2.21. The van der Waals surface area contributed by atoms with Gasteiger partial charge in [-0.25, -0.2) is 4.98 Å². The zero-order chi connectivity index (χ0) is 15.1. The van der Waals surface area contributed by atoms with Crippen LogP contribution in [0.4, 0.5) is 5.13 Å². The Bertz CT molecular complexity index is 536. The third-order valence-corrected chi connectivity index (χ3v) is 4.59. The molecule has 1 N–H and O–H groups in total. The van der Waals surface area contributed by atoms with Crippen LogP contribution < -0.4 is 10.2 Å². The van der Waals surface area contributed by atoms with Crippen molar-refractivity contribution in [3.05, 3.63) is 46.5 Å². The summed E-state index contributed by atoms with van der Waals surface area (Å²) in [6, 6.07) is 10.6. The minimum absolute atomic E-state index is 0.903. The molecule has 0 aliphatic carbocycles. The number of benzene rings is 1. The fraction of sp³-hybridized carbons (Fsp3) is 0.471. The van der Waals surface area contributed by atoms with Gasteiger partial charge in [-0.1, -0.05) is 50.6 Å². The molecule has 0 bridgehead atoms. The zero-order valence-corrected chi connectivity index (χ0v) is 14.0. The lowest BCUT2D eigenvalue weighted by atomic mass is 10.2. The molecule has 114 valence electrons. The molecule has 0 atom stereocenters. The first kappa shape index (κ1) is 16.0. The third kappa shape index (κ3) is 4.55. The van der Waals surface area contributed by atoms with Crippen molar-refractivity contribution in [2.75, 3.05) is 18.5 Å². The Labute approximate surface area is 132 Å². The number of nitrogens with zero attached hydrogens (tertiary/aromatic N) is 2. The van der Waals surface area contributed by atoms with Crippen LogP contribution in [0.5, 0.6) is 0 Å². The van der Waals surface area contributed by atoms with E-state index in [-0.39, 0.29) is 0 Å². The molecule has 0 unspecified atom stereocenters. The molecule has 0 saturated carbocycles. The van der Waals surface area contributed by atoms with Gasteiger partial charge in [0.15, 0.2) is 5.13 Å². The van der Waals surface area contributed by atoms with Gasteiger partial charge in [0.2, 0.25) is 0 Å². The van der Waals surface area contributed by atoms with E-state index in [1.807, 2.05) is 11.3 Å². The molecular formula is C17H25N3S. The van der Waals surface area contributed by atoms with Crippen molar-refractivity contribution in [3.8, 4) is 0 Å². The summed E-state index contributed by atoms with van der Waals surface area (Å²) in [6.45, 7) is 7.19. The maximum absolute atomic E-state index is 4.85. The molecule has 0 spiro atoms. The largest absolute Gasteiger partial charge is 0.347 e. The predicted octanol–water partition coefficient (Wildman–Crippen LogP) is 3.84. The Hall–Kier alpha value is -1.39. The van der Waals surface area contributed by atoms with Crippen LogP contribution in [0.15, 0.2) is 30.3 Å². The number of rotatable bonds is 8. The maximum Gasteiger partial charge on any atom is 0.185 e. The Balaban J connectivity index is 2.10. The maximum atomic E-state index is 4.85. The SMILES string of the molecule is CCCc1nc(N(C)Cc2ccccc2)sc1CNCC. The van der Waals surface area contributed by atoms with Crippen LogP contribution in [0.2, 0.25) is 0 Å². The van der Waals surface area contributed by atoms with Crippen molar-refractivity contribution in [3.63, 3.8) is 0 Å². The van der Waals surface area contributed by atoms with E-state index in [4.69, 9.17) is 4.98 Å². The molecule has 2 rings (SSSR count). The van der Waals surface area contributed by atoms with Gasteiger partial charge < -0.3 is 10.2 Å². The van der Waals surface area contributed by atoms with Crippen LogP contribution in [-0.2, 0) is 19.5 Å². The number of aromatic nitrogens is 1.